The van der Waals surface area contributed by atoms with E-state index in [9.17, 15) is 0 Å². The fourth-order valence-corrected chi connectivity index (χ4v) is 1.69. The number of hydrogen-bond acceptors (Lipinski definition) is 6. The number of hydrogen-bond donors (Lipinski definition) is 2. The van der Waals surface area contributed by atoms with Crippen LogP contribution in [0.3, 0.4) is 0 Å². The molecule has 2 heterocycles. The second-order valence-corrected chi connectivity index (χ2v) is 3.81. The summed E-state index contributed by atoms with van der Waals surface area (Å²) < 4.78 is 0. The molecule has 2 aromatic rings. The van der Waals surface area contributed by atoms with Crippen molar-refractivity contribution in [1.82, 2.24) is 15.0 Å². The number of nitrogens with zero attached hydrogens (tertiary/aromatic N) is 3. The second-order valence-electron chi connectivity index (χ2n) is 2.77. The van der Waals surface area contributed by atoms with Crippen LogP contribution < -0.4 is 11.5 Å². The van der Waals surface area contributed by atoms with E-state index in [-0.39, 0.29) is 0 Å². The van der Waals surface area contributed by atoms with Gasteiger partial charge in [-0.3, -0.25) is 0 Å². The summed E-state index contributed by atoms with van der Waals surface area (Å²) in [6.07, 6.45) is 3.17. The van der Waals surface area contributed by atoms with E-state index in [1.807, 2.05) is 0 Å². The van der Waals surface area contributed by atoms with Crippen molar-refractivity contribution in [2.45, 2.75) is 10.1 Å². The number of nitrogens with two attached hydrogens (primary N) is 2. The third-order valence-electron chi connectivity index (χ3n) is 1.70. The van der Waals surface area contributed by atoms with E-state index in [0.29, 0.717) is 11.5 Å². The van der Waals surface area contributed by atoms with Gasteiger partial charge >= 0.3 is 0 Å². The van der Waals surface area contributed by atoms with E-state index < -0.39 is 0 Å². The van der Waals surface area contributed by atoms with Gasteiger partial charge in [-0.15, -0.1) is 0 Å². The lowest BCUT2D eigenvalue weighted by Crippen LogP contribution is -1.98. The SMILES string of the molecule is Nc1ccc(Sc2ccncn2)nc1N. The van der Waals surface area contributed by atoms with Crippen molar-refractivity contribution in [2.75, 3.05) is 11.5 Å². The van der Waals surface area contributed by atoms with Gasteiger partial charge in [0.15, 0.2) is 0 Å². The molecule has 0 bridgehead atoms. The third kappa shape index (κ3) is 2.35. The standard InChI is InChI=1S/C9H9N5S/c10-6-1-2-8(14-9(6)11)15-7-3-4-12-5-13-7/h1-5H,10H2,(H2,11,14). The molecule has 15 heavy (non-hydrogen) atoms. The predicted molar refractivity (Wildman–Crippen MR) is 59.2 cm³/mol. The second kappa shape index (κ2) is 4.14. The highest BCUT2D eigenvalue weighted by molar-refractivity contribution is 7.99. The molecule has 4 N–H and O–H groups in total. The molecule has 0 unspecified atom stereocenters. The number of rotatable bonds is 2. The highest BCUT2D eigenvalue weighted by Gasteiger charge is 2.02. The van der Waals surface area contributed by atoms with Crippen LogP contribution in [-0.2, 0) is 0 Å². The normalized spacial score (nSPS) is 10.1. The quantitative estimate of drug-likeness (QED) is 0.737. The summed E-state index contributed by atoms with van der Waals surface area (Å²) in [4.78, 5) is 12.0. The molecular weight excluding hydrogens is 210 g/mol. The van der Waals surface area contributed by atoms with Crippen LogP contribution in [0.15, 0.2) is 40.8 Å². The zero-order valence-corrected chi connectivity index (χ0v) is 8.61. The van der Waals surface area contributed by atoms with E-state index in [1.54, 1.807) is 24.4 Å². The van der Waals surface area contributed by atoms with Crippen LogP contribution in [0, 0.1) is 0 Å². The summed E-state index contributed by atoms with van der Waals surface area (Å²) in [7, 11) is 0. The molecule has 0 spiro atoms. The van der Waals surface area contributed by atoms with Crippen LogP contribution in [0.4, 0.5) is 11.5 Å². The minimum atomic E-state index is 0.342. The molecule has 0 saturated carbocycles. The van der Waals surface area contributed by atoms with Crippen LogP contribution >= 0.6 is 11.8 Å². The molecule has 0 fully saturated rings. The van der Waals surface area contributed by atoms with E-state index in [1.165, 1.54) is 18.1 Å². The Morgan fingerprint density at radius 1 is 1.07 bits per heavy atom. The van der Waals surface area contributed by atoms with Crippen molar-refractivity contribution < 1.29 is 0 Å². The molecule has 0 atom stereocenters. The molecular formula is C9H9N5S. The molecule has 0 aliphatic carbocycles. The maximum Gasteiger partial charge on any atom is 0.147 e. The summed E-state index contributed by atoms with van der Waals surface area (Å²) in [5, 5.41) is 1.59. The van der Waals surface area contributed by atoms with Crippen LogP contribution in [-0.4, -0.2) is 15.0 Å². The van der Waals surface area contributed by atoms with Gasteiger partial charge in [-0.05, 0) is 30.0 Å². The lowest BCUT2D eigenvalue weighted by molar-refractivity contribution is 1.04. The van der Waals surface area contributed by atoms with Crippen LogP contribution in [0.25, 0.3) is 0 Å². The fraction of sp³-hybridized carbons (Fsp3) is 0. The third-order valence-corrected chi connectivity index (χ3v) is 2.58. The maximum atomic E-state index is 5.59. The highest BCUT2D eigenvalue weighted by atomic mass is 32.2. The summed E-state index contributed by atoms with van der Waals surface area (Å²) in [6, 6.07) is 5.34. The Hall–Kier alpha value is -1.82. The van der Waals surface area contributed by atoms with Gasteiger partial charge in [0.1, 0.15) is 22.2 Å². The van der Waals surface area contributed by atoms with Crippen molar-refractivity contribution in [3.8, 4) is 0 Å². The van der Waals surface area contributed by atoms with Gasteiger partial charge < -0.3 is 11.5 Å². The number of nitrogen functional groups attached to an aromatic ring is 2. The average molecular weight is 219 g/mol. The van der Waals surface area contributed by atoms with Crippen molar-refractivity contribution in [1.29, 1.82) is 0 Å². The van der Waals surface area contributed by atoms with Crippen molar-refractivity contribution in [3.05, 3.63) is 30.7 Å². The first-order chi connectivity index (χ1) is 7.25. The lowest BCUT2D eigenvalue weighted by Gasteiger charge is -2.02. The van der Waals surface area contributed by atoms with Gasteiger partial charge in [0.25, 0.3) is 0 Å². The lowest BCUT2D eigenvalue weighted by atomic mass is 10.4. The van der Waals surface area contributed by atoms with Crippen molar-refractivity contribution in [3.63, 3.8) is 0 Å². The smallest absolute Gasteiger partial charge is 0.147 e. The minimum Gasteiger partial charge on any atom is -0.396 e. The van der Waals surface area contributed by atoms with Crippen LogP contribution in [0.2, 0.25) is 0 Å². The molecule has 2 aromatic heterocycles. The van der Waals surface area contributed by atoms with Crippen LogP contribution in [0.1, 0.15) is 0 Å². The zero-order valence-electron chi connectivity index (χ0n) is 7.79. The summed E-state index contributed by atoms with van der Waals surface area (Å²) in [5.74, 6) is 0.342. The van der Waals surface area contributed by atoms with Gasteiger partial charge in [-0.2, -0.15) is 0 Å². The minimum absolute atomic E-state index is 0.342. The number of aromatic nitrogens is 3. The molecule has 0 aliphatic heterocycles. The first kappa shape index (κ1) is 9.72. The Morgan fingerprint density at radius 3 is 2.60 bits per heavy atom. The molecule has 0 aromatic carbocycles. The Labute approximate surface area is 91.0 Å². The number of anilines is 2. The fourth-order valence-electron chi connectivity index (χ4n) is 0.970. The largest absolute Gasteiger partial charge is 0.396 e. The maximum absolute atomic E-state index is 5.59. The predicted octanol–water partition coefficient (Wildman–Crippen LogP) is 1.19. The van der Waals surface area contributed by atoms with E-state index in [2.05, 4.69) is 15.0 Å². The summed E-state index contributed by atoms with van der Waals surface area (Å²) >= 11 is 1.41. The molecule has 0 aliphatic rings. The van der Waals surface area contributed by atoms with Gasteiger partial charge in [0.05, 0.1) is 5.69 Å². The average Bonchev–Trinajstić information content (AvgIpc) is 2.25. The molecule has 5 nitrogen and oxygen atoms in total. The monoisotopic (exact) mass is 219 g/mol. The molecule has 0 radical (unpaired) electrons. The Bertz CT molecular complexity index is 459. The van der Waals surface area contributed by atoms with E-state index >= 15 is 0 Å². The summed E-state index contributed by atoms with van der Waals surface area (Å²) in [6.45, 7) is 0. The van der Waals surface area contributed by atoms with Crippen molar-refractivity contribution in [2.24, 2.45) is 0 Å². The molecule has 2 rings (SSSR count). The molecule has 76 valence electrons. The van der Waals surface area contributed by atoms with Crippen molar-refractivity contribution >= 4 is 23.3 Å². The topological polar surface area (TPSA) is 90.7 Å². The van der Waals surface area contributed by atoms with Crippen LogP contribution in [0.5, 0.6) is 0 Å². The molecule has 0 saturated heterocycles. The Morgan fingerprint density at radius 2 is 1.93 bits per heavy atom. The van der Waals surface area contributed by atoms with Gasteiger partial charge in [-0.1, -0.05) is 0 Å². The van der Waals surface area contributed by atoms with Gasteiger partial charge in [0, 0.05) is 6.20 Å². The summed E-state index contributed by atoms with van der Waals surface area (Å²) in [5.41, 5.74) is 11.6. The highest BCUT2D eigenvalue weighted by Crippen LogP contribution is 2.25. The molecule has 0 amide bonds. The van der Waals surface area contributed by atoms with E-state index in [0.717, 1.165) is 10.1 Å². The zero-order chi connectivity index (χ0) is 10.7. The van der Waals surface area contributed by atoms with Gasteiger partial charge in [-0.25, -0.2) is 15.0 Å². The first-order valence-electron chi connectivity index (χ1n) is 4.21. The van der Waals surface area contributed by atoms with E-state index in [4.69, 9.17) is 11.5 Å². The Kier molecular flexibility index (Phi) is 2.68. The van der Waals surface area contributed by atoms with Gasteiger partial charge in [0.2, 0.25) is 0 Å². The Balaban J connectivity index is 2.22. The molecule has 6 heteroatoms. The number of pyridine rings is 1. The first-order valence-corrected chi connectivity index (χ1v) is 5.03.